The van der Waals surface area contributed by atoms with Crippen molar-refractivity contribution in [1.82, 2.24) is 10.2 Å². The van der Waals surface area contributed by atoms with Gasteiger partial charge in [0.1, 0.15) is 0 Å². The van der Waals surface area contributed by atoms with E-state index in [1.165, 1.54) is 11.1 Å². The Morgan fingerprint density at radius 2 is 1.50 bits per heavy atom. The maximum Gasteiger partial charge on any atom is 0.0594 e. The summed E-state index contributed by atoms with van der Waals surface area (Å²) in [5.74, 6) is 0. The molecule has 0 amide bonds. The SMILES string of the molecule is Clc1ccc(CNCC(c2ccc(Cl)cc2)N2CCOCC2)cc1. The van der Waals surface area contributed by atoms with Gasteiger partial charge >= 0.3 is 0 Å². The highest BCUT2D eigenvalue weighted by atomic mass is 35.5. The van der Waals surface area contributed by atoms with Gasteiger partial charge in [-0.1, -0.05) is 47.5 Å². The molecule has 3 nitrogen and oxygen atoms in total. The number of hydrogen-bond donors (Lipinski definition) is 1. The van der Waals surface area contributed by atoms with Gasteiger partial charge in [-0.3, -0.25) is 4.90 Å². The molecule has 1 N–H and O–H groups in total. The van der Waals surface area contributed by atoms with Gasteiger partial charge in [0.25, 0.3) is 0 Å². The van der Waals surface area contributed by atoms with Gasteiger partial charge in [-0.2, -0.15) is 0 Å². The number of nitrogens with zero attached hydrogens (tertiary/aromatic N) is 1. The normalized spacial score (nSPS) is 16.9. The Morgan fingerprint density at radius 1 is 0.917 bits per heavy atom. The van der Waals surface area contributed by atoms with Crippen LogP contribution < -0.4 is 5.32 Å². The van der Waals surface area contributed by atoms with Crippen molar-refractivity contribution < 1.29 is 4.74 Å². The summed E-state index contributed by atoms with van der Waals surface area (Å²) in [6.45, 7) is 5.20. The average Bonchev–Trinajstić information content (AvgIpc) is 2.62. The summed E-state index contributed by atoms with van der Waals surface area (Å²) in [6.07, 6.45) is 0. The van der Waals surface area contributed by atoms with Gasteiger partial charge in [0.15, 0.2) is 0 Å². The highest BCUT2D eigenvalue weighted by Gasteiger charge is 2.22. The lowest BCUT2D eigenvalue weighted by atomic mass is 10.0. The van der Waals surface area contributed by atoms with Gasteiger partial charge in [0, 0.05) is 42.3 Å². The molecule has 1 aliphatic heterocycles. The van der Waals surface area contributed by atoms with E-state index in [4.69, 9.17) is 27.9 Å². The quantitative estimate of drug-likeness (QED) is 0.832. The maximum absolute atomic E-state index is 6.04. The number of nitrogens with one attached hydrogen (secondary N) is 1. The van der Waals surface area contributed by atoms with E-state index in [9.17, 15) is 0 Å². The van der Waals surface area contributed by atoms with Crippen molar-refractivity contribution >= 4 is 23.2 Å². The van der Waals surface area contributed by atoms with E-state index in [0.717, 1.165) is 49.4 Å². The predicted molar refractivity (Wildman–Crippen MR) is 99.7 cm³/mol. The van der Waals surface area contributed by atoms with E-state index in [-0.39, 0.29) is 0 Å². The zero-order valence-electron chi connectivity index (χ0n) is 13.6. The zero-order valence-corrected chi connectivity index (χ0v) is 15.1. The Hall–Kier alpha value is -1.10. The molecule has 0 aliphatic carbocycles. The lowest BCUT2D eigenvalue weighted by molar-refractivity contribution is 0.0161. The predicted octanol–water partition coefficient (Wildman–Crippen LogP) is 4.16. The Labute approximate surface area is 153 Å². The molecular weight excluding hydrogens is 343 g/mol. The summed E-state index contributed by atoms with van der Waals surface area (Å²) in [5, 5.41) is 5.11. The number of hydrogen-bond acceptors (Lipinski definition) is 3. The van der Waals surface area contributed by atoms with Gasteiger partial charge in [-0.15, -0.1) is 0 Å². The standard InChI is InChI=1S/C19H22Cl2N2O/c20-17-5-1-15(2-6-17)13-22-14-19(23-9-11-24-12-10-23)16-3-7-18(21)8-4-16/h1-8,19,22H,9-14H2. The van der Waals surface area contributed by atoms with Crippen molar-refractivity contribution in [2.45, 2.75) is 12.6 Å². The Morgan fingerprint density at radius 3 is 2.12 bits per heavy atom. The molecule has 2 aromatic rings. The van der Waals surface area contributed by atoms with Gasteiger partial charge < -0.3 is 10.1 Å². The third kappa shape index (κ3) is 4.95. The smallest absolute Gasteiger partial charge is 0.0594 e. The first-order chi connectivity index (χ1) is 11.7. The number of ether oxygens (including phenoxy) is 1. The van der Waals surface area contributed by atoms with E-state index in [1.807, 2.05) is 24.3 Å². The van der Waals surface area contributed by atoms with Crippen LogP contribution in [-0.4, -0.2) is 37.7 Å². The highest BCUT2D eigenvalue weighted by molar-refractivity contribution is 6.30. The third-order valence-electron chi connectivity index (χ3n) is 4.32. The minimum absolute atomic E-state index is 0.318. The molecule has 1 saturated heterocycles. The molecule has 1 unspecified atom stereocenters. The molecule has 2 aromatic carbocycles. The summed E-state index contributed by atoms with van der Waals surface area (Å²) < 4.78 is 5.49. The van der Waals surface area contributed by atoms with Crippen LogP contribution in [0.25, 0.3) is 0 Å². The molecule has 1 heterocycles. The van der Waals surface area contributed by atoms with Crippen LogP contribution in [-0.2, 0) is 11.3 Å². The second-order valence-electron chi connectivity index (χ2n) is 5.97. The summed E-state index contributed by atoms with van der Waals surface area (Å²) in [4.78, 5) is 2.47. The summed E-state index contributed by atoms with van der Waals surface area (Å²) >= 11 is 12.0. The molecule has 3 rings (SSSR count). The van der Waals surface area contributed by atoms with Crippen molar-refractivity contribution in [2.24, 2.45) is 0 Å². The molecule has 0 radical (unpaired) electrons. The van der Waals surface area contributed by atoms with Crippen LogP contribution in [0.3, 0.4) is 0 Å². The molecule has 0 aromatic heterocycles. The Kier molecular flexibility index (Phi) is 6.52. The van der Waals surface area contributed by atoms with Crippen LogP contribution >= 0.6 is 23.2 Å². The van der Waals surface area contributed by atoms with Crippen molar-refractivity contribution in [1.29, 1.82) is 0 Å². The molecule has 1 aliphatic rings. The minimum Gasteiger partial charge on any atom is -0.379 e. The highest BCUT2D eigenvalue weighted by Crippen LogP contribution is 2.23. The topological polar surface area (TPSA) is 24.5 Å². The zero-order chi connectivity index (χ0) is 16.8. The van der Waals surface area contributed by atoms with Crippen LogP contribution in [0.2, 0.25) is 10.0 Å². The lowest BCUT2D eigenvalue weighted by Gasteiger charge is -2.35. The average molecular weight is 365 g/mol. The third-order valence-corrected chi connectivity index (χ3v) is 4.83. The number of benzene rings is 2. The first-order valence-corrected chi connectivity index (χ1v) is 9.00. The van der Waals surface area contributed by atoms with Crippen molar-refractivity contribution in [3.63, 3.8) is 0 Å². The maximum atomic E-state index is 6.04. The molecule has 128 valence electrons. The lowest BCUT2D eigenvalue weighted by Crippen LogP contribution is -2.42. The van der Waals surface area contributed by atoms with E-state index >= 15 is 0 Å². The van der Waals surface area contributed by atoms with Gasteiger partial charge in [-0.25, -0.2) is 0 Å². The molecule has 1 fully saturated rings. The molecule has 0 saturated carbocycles. The van der Waals surface area contributed by atoms with Crippen molar-refractivity contribution in [3.8, 4) is 0 Å². The summed E-state index contributed by atoms with van der Waals surface area (Å²) in [6, 6.07) is 16.4. The van der Waals surface area contributed by atoms with Crippen LogP contribution in [0.15, 0.2) is 48.5 Å². The van der Waals surface area contributed by atoms with Crippen LogP contribution in [0.5, 0.6) is 0 Å². The van der Waals surface area contributed by atoms with Crippen LogP contribution in [0.4, 0.5) is 0 Å². The van der Waals surface area contributed by atoms with Gasteiger partial charge in [0.2, 0.25) is 0 Å². The fraction of sp³-hybridized carbons (Fsp3) is 0.368. The number of morpholine rings is 1. The Bertz CT molecular complexity index is 625. The van der Waals surface area contributed by atoms with E-state index in [1.54, 1.807) is 0 Å². The van der Waals surface area contributed by atoms with E-state index in [0.29, 0.717) is 6.04 Å². The van der Waals surface area contributed by atoms with Crippen LogP contribution in [0.1, 0.15) is 17.2 Å². The monoisotopic (exact) mass is 364 g/mol. The van der Waals surface area contributed by atoms with Crippen molar-refractivity contribution in [2.75, 3.05) is 32.8 Å². The fourth-order valence-corrected chi connectivity index (χ4v) is 3.24. The second kappa shape index (κ2) is 8.84. The number of rotatable bonds is 6. The molecule has 5 heteroatoms. The Balaban J connectivity index is 1.65. The largest absolute Gasteiger partial charge is 0.379 e. The van der Waals surface area contributed by atoms with Gasteiger partial charge in [0.05, 0.1) is 13.2 Å². The molecule has 1 atom stereocenters. The van der Waals surface area contributed by atoms with E-state index in [2.05, 4.69) is 34.5 Å². The summed E-state index contributed by atoms with van der Waals surface area (Å²) in [7, 11) is 0. The number of halogens is 2. The molecule has 24 heavy (non-hydrogen) atoms. The fourth-order valence-electron chi connectivity index (χ4n) is 2.99. The van der Waals surface area contributed by atoms with E-state index < -0.39 is 0 Å². The molecular formula is C19H22Cl2N2O. The van der Waals surface area contributed by atoms with Gasteiger partial charge in [-0.05, 0) is 35.4 Å². The minimum atomic E-state index is 0.318. The summed E-state index contributed by atoms with van der Waals surface area (Å²) in [5.41, 5.74) is 2.51. The van der Waals surface area contributed by atoms with Crippen LogP contribution in [0, 0.1) is 0 Å². The first kappa shape index (κ1) is 17.7. The molecule has 0 spiro atoms. The molecule has 0 bridgehead atoms. The first-order valence-electron chi connectivity index (χ1n) is 8.25. The van der Waals surface area contributed by atoms with Crippen molar-refractivity contribution in [3.05, 3.63) is 69.7 Å². The second-order valence-corrected chi connectivity index (χ2v) is 6.85.